The molecule has 1 aromatic heterocycles. The zero-order chi connectivity index (χ0) is 20.1. The van der Waals surface area contributed by atoms with Crippen LogP contribution in [0.2, 0.25) is 0 Å². The summed E-state index contributed by atoms with van der Waals surface area (Å²) in [5, 5.41) is 8.41. The minimum absolute atomic E-state index is 0.0544. The van der Waals surface area contributed by atoms with Crippen molar-refractivity contribution in [1.82, 2.24) is 14.9 Å². The zero-order valence-electron chi connectivity index (χ0n) is 16.5. The molecule has 0 aliphatic heterocycles. The molecule has 0 bridgehead atoms. The summed E-state index contributed by atoms with van der Waals surface area (Å²) in [5.41, 5.74) is 1.47. The first-order valence-electron chi connectivity index (χ1n) is 10.2. The number of benzene rings is 1. The van der Waals surface area contributed by atoms with Gasteiger partial charge in [-0.1, -0.05) is 32.6 Å². The van der Waals surface area contributed by atoms with Gasteiger partial charge in [-0.2, -0.15) is 0 Å². The molecule has 7 nitrogen and oxygen atoms in total. The summed E-state index contributed by atoms with van der Waals surface area (Å²) in [6.07, 6.45) is 8.84. The number of nitrogens with one attached hydrogen (secondary N) is 1. The van der Waals surface area contributed by atoms with E-state index >= 15 is 0 Å². The number of carbonyl (C=O) groups is 1. The number of aryl methyl sites for hydroxylation is 2. The molecule has 0 radical (unpaired) electrons. The van der Waals surface area contributed by atoms with Crippen molar-refractivity contribution >= 4 is 27.0 Å². The maximum Gasteiger partial charge on any atom is 0.238 e. The van der Waals surface area contributed by atoms with Crippen LogP contribution in [0.4, 0.5) is 0 Å². The Hall–Kier alpha value is -1.93. The van der Waals surface area contributed by atoms with Gasteiger partial charge in [-0.05, 0) is 37.5 Å². The van der Waals surface area contributed by atoms with Crippen LogP contribution in [0.3, 0.4) is 0 Å². The molecule has 8 heteroatoms. The molecule has 3 N–H and O–H groups in total. The molecule has 1 aromatic carbocycles. The van der Waals surface area contributed by atoms with Gasteiger partial charge >= 0.3 is 0 Å². The summed E-state index contributed by atoms with van der Waals surface area (Å²) in [4.78, 5) is 17.1. The quantitative estimate of drug-likeness (QED) is 0.689. The normalized spacial score (nSPS) is 16.2. The Morgan fingerprint density at radius 1 is 1.25 bits per heavy atom. The molecule has 1 aliphatic carbocycles. The van der Waals surface area contributed by atoms with Crippen molar-refractivity contribution in [2.24, 2.45) is 5.14 Å². The Bertz CT molecular complexity index is 928. The molecule has 0 unspecified atom stereocenters. The van der Waals surface area contributed by atoms with E-state index in [1.165, 1.54) is 37.8 Å². The van der Waals surface area contributed by atoms with Gasteiger partial charge < -0.3 is 9.88 Å². The van der Waals surface area contributed by atoms with Crippen LogP contribution in [0.5, 0.6) is 0 Å². The Labute approximate surface area is 166 Å². The van der Waals surface area contributed by atoms with E-state index < -0.39 is 10.0 Å². The topological polar surface area (TPSA) is 107 Å². The highest BCUT2D eigenvalue weighted by atomic mass is 32.2. The number of fused-ring (bicyclic) bond motifs is 1. The van der Waals surface area contributed by atoms with E-state index in [2.05, 4.69) is 21.8 Å². The number of nitrogens with zero attached hydrogens (tertiary/aromatic N) is 2. The maximum atomic E-state index is 12.4. The third-order valence-electron chi connectivity index (χ3n) is 5.37. The SMILES string of the molecule is CCCn1c(CCC(=O)NC2CCCCCC2)nc2cc(S(N)(=O)=O)ccc21. The summed E-state index contributed by atoms with van der Waals surface area (Å²) in [6.45, 7) is 2.85. The number of amides is 1. The van der Waals surface area contributed by atoms with Gasteiger partial charge in [0.05, 0.1) is 15.9 Å². The fourth-order valence-corrected chi connectivity index (χ4v) is 4.48. The van der Waals surface area contributed by atoms with Crippen LogP contribution in [-0.2, 0) is 27.8 Å². The first-order valence-corrected chi connectivity index (χ1v) is 11.7. The van der Waals surface area contributed by atoms with Gasteiger partial charge in [0, 0.05) is 25.4 Å². The number of imidazole rings is 1. The van der Waals surface area contributed by atoms with Crippen molar-refractivity contribution in [2.75, 3.05) is 0 Å². The standard InChI is InChI=1S/C20H30N4O3S/c1-2-13-24-18-10-9-16(28(21,26)27)14-17(18)23-19(24)11-12-20(25)22-15-7-5-3-4-6-8-15/h9-10,14-15H,2-8,11-13H2,1H3,(H,22,25)(H2,21,26,27). The van der Waals surface area contributed by atoms with Crippen molar-refractivity contribution in [3.63, 3.8) is 0 Å². The van der Waals surface area contributed by atoms with Crippen LogP contribution in [0.25, 0.3) is 11.0 Å². The van der Waals surface area contributed by atoms with Crippen molar-refractivity contribution in [1.29, 1.82) is 0 Å². The maximum absolute atomic E-state index is 12.4. The largest absolute Gasteiger partial charge is 0.353 e. The van der Waals surface area contributed by atoms with E-state index in [9.17, 15) is 13.2 Å². The summed E-state index contributed by atoms with van der Waals surface area (Å²) in [5.74, 6) is 0.867. The molecule has 3 rings (SSSR count). The average Bonchev–Trinajstić information content (AvgIpc) is 2.79. The molecule has 28 heavy (non-hydrogen) atoms. The minimum atomic E-state index is -3.77. The number of hydrogen-bond donors (Lipinski definition) is 2. The van der Waals surface area contributed by atoms with Gasteiger partial charge in [0.1, 0.15) is 5.82 Å². The van der Waals surface area contributed by atoms with E-state index in [-0.39, 0.29) is 10.8 Å². The molecule has 154 valence electrons. The number of nitrogens with two attached hydrogens (primary N) is 1. The van der Waals surface area contributed by atoms with Gasteiger partial charge in [0.2, 0.25) is 15.9 Å². The highest BCUT2D eigenvalue weighted by Gasteiger charge is 2.17. The predicted molar refractivity (Wildman–Crippen MR) is 109 cm³/mol. The minimum Gasteiger partial charge on any atom is -0.353 e. The molecule has 0 spiro atoms. The van der Waals surface area contributed by atoms with Gasteiger partial charge in [-0.25, -0.2) is 18.5 Å². The molecule has 1 aliphatic rings. The Morgan fingerprint density at radius 3 is 2.61 bits per heavy atom. The highest BCUT2D eigenvalue weighted by Crippen LogP contribution is 2.22. The molecule has 1 fully saturated rings. The van der Waals surface area contributed by atoms with Gasteiger partial charge in [-0.3, -0.25) is 4.79 Å². The average molecular weight is 407 g/mol. The fraction of sp³-hybridized carbons (Fsp3) is 0.600. The zero-order valence-corrected chi connectivity index (χ0v) is 17.3. The van der Waals surface area contributed by atoms with Crippen LogP contribution in [-0.4, -0.2) is 29.9 Å². The fourth-order valence-electron chi connectivity index (χ4n) is 3.95. The van der Waals surface area contributed by atoms with Crippen molar-refractivity contribution in [2.45, 2.75) is 82.2 Å². The second kappa shape index (κ2) is 9.05. The van der Waals surface area contributed by atoms with Gasteiger partial charge in [0.15, 0.2) is 0 Å². The number of primary sulfonamides is 1. The predicted octanol–water partition coefficient (Wildman–Crippen LogP) is 2.87. The number of hydrogen-bond acceptors (Lipinski definition) is 4. The third kappa shape index (κ3) is 5.11. The molecule has 1 heterocycles. The summed E-state index contributed by atoms with van der Waals surface area (Å²) in [6, 6.07) is 5.05. The van der Waals surface area contributed by atoms with Crippen LogP contribution in [0.15, 0.2) is 23.1 Å². The van der Waals surface area contributed by atoms with Crippen LogP contribution in [0.1, 0.15) is 64.1 Å². The van der Waals surface area contributed by atoms with Crippen LogP contribution < -0.4 is 10.5 Å². The van der Waals surface area contributed by atoms with Gasteiger partial charge in [-0.15, -0.1) is 0 Å². The first-order chi connectivity index (χ1) is 13.4. The molecule has 1 amide bonds. The monoisotopic (exact) mass is 406 g/mol. The molecule has 0 atom stereocenters. The smallest absolute Gasteiger partial charge is 0.238 e. The third-order valence-corrected chi connectivity index (χ3v) is 6.28. The number of sulfonamides is 1. The lowest BCUT2D eigenvalue weighted by atomic mass is 10.1. The van der Waals surface area contributed by atoms with E-state index in [0.717, 1.165) is 37.1 Å². The van der Waals surface area contributed by atoms with E-state index in [4.69, 9.17) is 5.14 Å². The highest BCUT2D eigenvalue weighted by molar-refractivity contribution is 7.89. The second-order valence-corrected chi connectivity index (χ2v) is 9.19. The van der Waals surface area contributed by atoms with Crippen molar-refractivity contribution in [3.8, 4) is 0 Å². The number of aromatic nitrogens is 2. The lowest BCUT2D eigenvalue weighted by molar-refractivity contribution is -0.121. The summed E-state index contributed by atoms with van der Waals surface area (Å²) >= 11 is 0. The number of rotatable bonds is 7. The first kappa shape index (κ1) is 20.8. The lowest BCUT2D eigenvalue weighted by Gasteiger charge is -2.16. The van der Waals surface area contributed by atoms with Crippen molar-refractivity contribution in [3.05, 3.63) is 24.0 Å². The molecular formula is C20H30N4O3S. The Balaban J connectivity index is 1.73. The van der Waals surface area contributed by atoms with E-state index in [0.29, 0.717) is 24.4 Å². The van der Waals surface area contributed by atoms with Crippen LogP contribution in [0, 0.1) is 0 Å². The Kier molecular flexibility index (Phi) is 6.72. The molecule has 2 aromatic rings. The molecule has 0 saturated heterocycles. The summed E-state index contributed by atoms with van der Waals surface area (Å²) in [7, 11) is -3.77. The van der Waals surface area contributed by atoms with E-state index in [1.54, 1.807) is 6.07 Å². The van der Waals surface area contributed by atoms with E-state index in [1.807, 2.05) is 0 Å². The van der Waals surface area contributed by atoms with Gasteiger partial charge in [0.25, 0.3) is 0 Å². The van der Waals surface area contributed by atoms with Crippen molar-refractivity contribution < 1.29 is 13.2 Å². The lowest BCUT2D eigenvalue weighted by Crippen LogP contribution is -2.34. The molecular weight excluding hydrogens is 376 g/mol. The van der Waals surface area contributed by atoms with Crippen LogP contribution >= 0.6 is 0 Å². The summed E-state index contributed by atoms with van der Waals surface area (Å²) < 4.78 is 25.3. The number of carbonyl (C=O) groups excluding carboxylic acids is 1. The second-order valence-electron chi connectivity index (χ2n) is 7.63. The molecule has 1 saturated carbocycles. The Morgan fingerprint density at radius 2 is 1.96 bits per heavy atom.